The third-order valence-electron chi connectivity index (χ3n) is 3.74. The number of aromatic nitrogens is 2. The van der Waals surface area contributed by atoms with Crippen molar-refractivity contribution in [1.82, 2.24) is 9.78 Å². The first-order valence-electron chi connectivity index (χ1n) is 6.34. The molecule has 0 amide bonds. The van der Waals surface area contributed by atoms with Crippen molar-refractivity contribution in [3.63, 3.8) is 0 Å². The molecule has 7 heteroatoms. The minimum Gasteiger partial charge on any atom is -0.351 e. The van der Waals surface area contributed by atoms with Crippen LogP contribution in [-0.4, -0.2) is 33.6 Å². The predicted octanol–water partition coefficient (Wildman–Crippen LogP) is 1.58. The maximum Gasteiger partial charge on any atom is 0.333 e. The lowest BCUT2D eigenvalue weighted by atomic mass is 9.93. The fraction of sp³-hybridized carbons (Fsp3) is 0.667. The van der Waals surface area contributed by atoms with E-state index in [9.17, 15) is 14.9 Å². The number of carbonyl (C=O) groups excluding carboxylic acids is 1. The van der Waals surface area contributed by atoms with Gasteiger partial charge in [0.15, 0.2) is 0 Å². The van der Waals surface area contributed by atoms with Crippen LogP contribution in [0.4, 0.5) is 11.5 Å². The number of rotatable bonds is 3. The van der Waals surface area contributed by atoms with E-state index in [1.54, 1.807) is 18.7 Å². The first-order chi connectivity index (χ1) is 8.91. The molecule has 1 saturated carbocycles. The largest absolute Gasteiger partial charge is 0.351 e. The molecule has 1 aliphatic carbocycles. The average Bonchev–Trinajstić information content (AvgIpc) is 2.64. The van der Waals surface area contributed by atoms with Crippen LogP contribution in [0.25, 0.3) is 0 Å². The maximum absolute atomic E-state index is 11.3. The molecule has 2 rings (SSSR count). The summed E-state index contributed by atoms with van der Waals surface area (Å²) >= 11 is 0. The summed E-state index contributed by atoms with van der Waals surface area (Å²) in [6.07, 6.45) is 2.60. The number of aryl methyl sites for hydroxylation is 2. The first-order valence-corrected chi connectivity index (χ1v) is 6.34. The predicted molar refractivity (Wildman–Crippen MR) is 70.3 cm³/mol. The van der Waals surface area contributed by atoms with Crippen LogP contribution in [0, 0.1) is 17.0 Å². The van der Waals surface area contributed by atoms with Crippen molar-refractivity contribution in [1.29, 1.82) is 0 Å². The lowest BCUT2D eigenvalue weighted by molar-refractivity contribution is -0.384. The Balaban J connectivity index is 2.30. The van der Waals surface area contributed by atoms with Crippen LogP contribution < -0.4 is 4.90 Å². The monoisotopic (exact) mass is 266 g/mol. The molecule has 0 aliphatic heterocycles. The Bertz CT molecular complexity index is 513. The Labute approximate surface area is 111 Å². The van der Waals surface area contributed by atoms with Crippen molar-refractivity contribution >= 4 is 17.3 Å². The number of hydrogen-bond acceptors (Lipinski definition) is 5. The molecule has 0 saturated heterocycles. The number of Topliss-reactive ketones (excluding diaryl/α,β-unsaturated/α-hetero) is 1. The molecule has 104 valence electrons. The van der Waals surface area contributed by atoms with Crippen molar-refractivity contribution in [2.24, 2.45) is 7.05 Å². The van der Waals surface area contributed by atoms with Gasteiger partial charge < -0.3 is 4.90 Å². The molecule has 1 aromatic heterocycles. The highest BCUT2D eigenvalue weighted by Crippen LogP contribution is 2.33. The summed E-state index contributed by atoms with van der Waals surface area (Å²) in [4.78, 5) is 23.9. The van der Waals surface area contributed by atoms with Gasteiger partial charge in [-0.05, 0) is 19.8 Å². The van der Waals surface area contributed by atoms with E-state index in [-0.39, 0.29) is 22.4 Å². The van der Waals surface area contributed by atoms with E-state index >= 15 is 0 Å². The number of carbonyl (C=O) groups is 1. The van der Waals surface area contributed by atoms with Crippen LogP contribution in [-0.2, 0) is 11.8 Å². The third-order valence-corrected chi connectivity index (χ3v) is 3.74. The number of anilines is 1. The summed E-state index contributed by atoms with van der Waals surface area (Å²) in [5.41, 5.74) is 0.475. The minimum absolute atomic E-state index is 0.0573. The van der Waals surface area contributed by atoms with Gasteiger partial charge in [0.2, 0.25) is 5.82 Å². The first kappa shape index (κ1) is 13.5. The van der Waals surface area contributed by atoms with Crippen LogP contribution in [0.2, 0.25) is 0 Å². The molecule has 0 unspecified atom stereocenters. The van der Waals surface area contributed by atoms with Gasteiger partial charge in [0.25, 0.3) is 0 Å². The number of hydrogen-bond donors (Lipinski definition) is 0. The zero-order chi connectivity index (χ0) is 14.2. The second-order valence-corrected chi connectivity index (χ2v) is 5.02. The summed E-state index contributed by atoms with van der Waals surface area (Å²) in [6.45, 7) is 1.64. The Hall–Kier alpha value is -1.92. The van der Waals surface area contributed by atoms with E-state index in [0.29, 0.717) is 24.4 Å². The molecule has 1 heterocycles. The zero-order valence-electron chi connectivity index (χ0n) is 11.4. The normalized spacial score (nSPS) is 16.7. The van der Waals surface area contributed by atoms with Gasteiger partial charge >= 0.3 is 5.69 Å². The van der Waals surface area contributed by atoms with E-state index in [1.165, 1.54) is 0 Å². The Morgan fingerprint density at radius 3 is 2.53 bits per heavy atom. The maximum atomic E-state index is 11.3. The number of ketones is 1. The Morgan fingerprint density at radius 2 is 2.00 bits per heavy atom. The van der Waals surface area contributed by atoms with Crippen LogP contribution in [0.1, 0.15) is 31.4 Å². The van der Waals surface area contributed by atoms with Crippen LogP contribution in [0.15, 0.2) is 0 Å². The van der Waals surface area contributed by atoms with E-state index in [2.05, 4.69) is 5.10 Å². The summed E-state index contributed by atoms with van der Waals surface area (Å²) in [5.74, 6) is 0.794. The lowest BCUT2D eigenvalue weighted by Crippen LogP contribution is -2.36. The molecule has 7 nitrogen and oxygen atoms in total. The van der Waals surface area contributed by atoms with Gasteiger partial charge in [0.1, 0.15) is 11.5 Å². The molecular formula is C12H18N4O3. The number of nitro groups is 1. The topological polar surface area (TPSA) is 81.3 Å². The molecule has 19 heavy (non-hydrogen) atoms. The third kappa shape index (κ3) is 2.45. The summed E-state index contributed by atoms with van der Waals surface area (Å²) in [5, 5.41) is 15.3. The highest BCUT2D eigenvalue weighted by atomic mass is 16.6. The van der Waals surface area contributed by atoms with Gasteiger partial charge in [0, 0.05) is 33.0 Å². The molecule has 0 aromatic carbocycles. The molecule has 0 spiro atoms. The zero-order valence-corrected chi connectivity index (χ0v) is 11.4. The van der Waals surface area contributed by atoms with Gasteiger partial charge in [-0.1, -0.05) is 0 Å². The van der Waals surface area contributed by atoms with Crippen molar-refractivity contribution in [2.75, 3.05) is 11.9 Å². The molecule has 1 aromatic rings. The van der Waals surface area contributed by atoms with Crippen LogP contribution >= 0.6 is 0 Å². The van der Waals surface area contributed by atoms with Crippen molar-refractivity contribution < 1.29 is 9.72 Å². The van der Waals surface area contributed by atoms with Gasteiger partial charge in [-0.25, -0.2) is 4.68 Å². The lowest BCUT2D eigenvalue weighted by Gasteiger charge is -2.31. The molecule has 1 fully saturated rings. The second-order valence-electron chi connectivity index (χ2n) is 5.02. The highest BCUT2D eigenvalue weighted by Gasteiger charge is 2.31. The van der Waals surface area contributed by atoms with Crippen molar-refractivity contribution in [3.05, 3.63) is 15.8 Å². The van der Waals surface area contributed by atoms with Crippen LogP contribution in [0.3, 0.4) is 0 Å². The van der Waals surface area contributed by atoms with Crippen molar-refractivity contribution in [3.8, 4) is 0 Å². The van der Waals surface area contributed by atoms with E-state index in [1.807, 2.05) is 11.9 Å². The SMILES string of the molecule is Cc1nn(C)c(N(C)C2CCC(=O)CC2)c1[N+](=O)[O-]. The molecule has 0 bridgehead atoms. The fourth-order valence-corrected chi connectivity index (χ4v) is 2.73. The second kappa shape index (κ2) is 4.99. The molecule has 0 radical (unpaired) electrons. The molecule has 0 atom stereocenters. The minimum atomic E-state index is -0.387. The summed E-state index contributed by atoms with van der Waals surface area (Å²) < 4.78 is 1.55. The molecule has 1 aliphatic rings. The number of nitrogens with zero attached hydrogens (tertiary/aromatic N) is 4. The highest BCUT2D eigenvalue weighted by molar-refractivity contribution is 5.79. The smallest absolute Gasteiger partial charge is 0.333 e. The van der Waals surface area contributed by atoms with Gasteiger partial charge in [-0.15, -0.1) is 0 Å². The standard InChI is InChI=1S/C12H18N4O3/c1-8-11(16(18)19)12(15(3)13-8)14(2)9-4-6-10(17)7-5-9/h9H,4-7H2,1-3H3. The van der Waals surface area contributed by atoms with Gasteiger partial charge in [0.05, 0.1) is 4.92 Å². The van der Waals surface area contributed by atoms with Crippen molar-refractivity contribution in [2.45, 2.75) is 38.6 Å². The quantitative estimate of drug-likeness (QED) is 0.613. The van der Waals surface area contributed by atoms with E-state index in [4.69, 9.17) is 0 Å². The van der Waals surface area contributed by atoms with E-state index < -0.39 is 0 Å². The summed E-state index contributed by atoms with van der Waals surface area (Å²) in [6, 6.07) is 0.159. The van der Waals surface area contributed by atoms with E-state index in [0.717, 1.165) is 12.8 Å². The van der Waals surface area contributed by atoms with Crippen LogP contribution in [0.5, 0.6) is 0 Å². The van der Waals surface area contributed by atoms with Gasteiger partial charge in [-0.3, -0.25) is 14.9 Å². The fourth-order valence-electron chi connectivity index (χ4n) is 2.73. The average molecular weight is 266 g/mol. The molecule has 0 N–H and O–H groups in total. The summed E-state index contributed by atoms with van der Waals surface area (Å²) in [7, 11) is 3.55. The molecular weight excluding hydrogens is 248 g/mol. The Morgan fingerprint density at radius 1 is 1.42 bits per heavy atom. The Kier molecular flexibility index (Phi) is 3.55. The van der Waals surface area contributed by atoms with Gasteiger partial charge in [-0.2, -0.15) is 5.10 Å².